The lowest BCUT2D eigenvalue weighted by Gasteiger charge is -2.09. The molecule has 0 atom stereocenters. The van der Waals surface area contributed by atoms with Crippen LogP contribution in [0.25, 0.3) is 0 Å². The number of hydrogen-bond donors (Lipinski definition) is 1. The van der Waals surface area contributed by atoms with Crippen LogP contribution in [0.4, 0.5) is 5.82 Å². The Bertz CT molecular complexity index is 427. The third-order valence-electron chi connectivity index (χ3n) is 2.80. The summed E-state index contributed by atoms with van der Waals surface area (Å²) in [5.41, 5.74) is 1.12. The normalized spacial score (nSPS) is 14.3. The maximum Gasteiger partial charge on any atom is 0.218 e. The highest BCUT2D eigenvalue weighted by Gasteiger charge is 2.27. The van der Waals surface area contributed by atoms with Crippen molar-refractivity contribution in [3.05, 3.63) is 24.0 Å². The Morgan fingerprint density at radius 2 is 2.28 bits per heavy atom. The van der Waals surface area contributed by atoms with Crippen LogP contribution in [0.15, 0.2) is 18.2 Å². The molecule has 0 saturated heterocycles. The van der Waals surface area contributed by atoms with Gasteiger partial charge in [-0.2, -0.15) is 4.98 Å². The first-order valence-corrected chi connectivity index (χ1v) is 6.59. The molecular formula is C14H21N3O. The average molecular weight is 247 g/mol. The van der Waals surface area contributed by atoms with Gasteiger partial charge in [0.1, 0.15) is 11.6 Å². The minimum absolute atomic E-state index is 0.534. The van der Waals surface area contributed by atoms with E-state index in [1.165, 1.54) is 12.8 Å². The Balaban J connectivity index is 2.04. The highest BCUT2D eigenvalue weighted by atomic mass is 16.5. The fourth-order valence-electron chi connectivity index (χ4n) is 1.64. The molecule has 0 aliphatic heterocycles. The van der Waals surface area contributed by atoms with Crippen LogP contribution in [0.2, 0.25) is 0 Å². The Morgan fingerprint density at radius 1 is 1.50 bits per heavy atom. The van der Waals surface area contributed by atoms with Crippen molar-refractivity contribution in [2.75, 3.05) is 18.5 Å². The first-order valence-electron chi connectivity index (χ1n) is 6.59. The van der Waals surface area contributed by atoms with Crippen LogP contribution in [-0.2, 0) is 0 Å². The Morgan fingerprint density at radius 3 is 2.89 bits per heavy atom. The van der Waals surface area contributed by atoms with E-state index >= 15 is 0 Å². The van der Waals surface area contributed by atoms with Gasteiger partial charge in [-0.25, -0.2) is 4.98 Å². The molecular weight excluding hydrogens is 226 g/mol. The fraction of sp³-hybridized carbons (Fsp3) is 0.571. The van der Waals surface area contributed by atoms with Gasteiger partial charge in [-0.05, 0) is 26.7 Å². The zero-order chi connectivity index (χ0) is 13.0. The van der Waals surface area contributed by atoms with Crippen molar-refractivity contribution in [3.8, 4) is 5.88 Å². The van der Waals surface area contributed by atoms with Crippen molar-refractivity contribution in [1.82, 2.24) is 9.97 Å². The molecule has 0 unspecified atom stereocenters. The van der Waals surface area contributed by atoms with E-state index in [-0.39, 0.29) is 0 Å². The quantitative estimate of drug-likeness (QED) is 0.752. The molecule has 0 amide bonds. The van der Waals surface area contributed by atoms with E-state index in [0.29, 0.717) is 18.4 Å². The van der Waals surface area contributed by atoms with Gasteiger partial charge in [-0.1, -0.05) is 5.57 Å². The van der Waals surface area contributed by atoms with Crippen LogP contribution < -0.4 is 10.1 Å². The van der Waals surface area contributed by atoms with E-state index in [1.54, 1.807) is 0 Å². The second-order valence-corrected chi connectivity index (χ2v) is 4.81. The van der Waals surface area contributed by atoms with Gasteiger partial charge in [0.2, 0.25) is 5.88 Å². The first kappa shape index (κ1) is 12.9. The molecule has 1 aliphatic carbocycles. The van der Waals surface area contributed by atoms with E-state index in [9.17, 15) is 0 Å². The van der Waals surface area contributed by atoms with Crippen molar-refractivity contribution in [2.24, 2.45) is 0 Å². The number of hydrogen-bond acceptors (Lipinski definition) is 4. The largest absolute Gasteiger partial charge is 0.477 e. The Hall–Kier alpha value is -1.58. The lowest BCUT2D eigenvalue weighted by atomic mass is 10.3. The molecule has 1 aromatic rings. The topological polar surface area (TPSA) is 47.0 Å². The van der Waals surface area contributed by atoms with Crippen molar-refractivity contribution in [1.29, 1.82) is 0 Å². The van der Waals surface area contributed by atoms with Gasteiger partial charge in [-0.15, -0.1) is 6.58 Å². The number of anilines is 1. The van der Waals surface area contributed by atoms with E-state index in [4.69, 9.17) is 4.74 Å². The molecule has 0 bridgehead atoms. The zero-order valence-corrected chi connectivity index (χ0v) is 11.2. The summed E-state index contributed by atoms with van der Waals surface area (Å²) in [6.45, 7) is 9.40. The SMILES string of the molecule is C=C(C)CCOc1cc(NCC)nc(C2CC2)n1. The minimum Gasteiger partial charge on any atom is -0.477 e. The number of nitrogens with zero attached hydrogens (tertiary/aromatic N) is 2. The fourth-order valence-corrected chi connectivity index (χ4v) is 1.64. The summed E-state index contributed by atoms with van der Waals surface area (Å²) in [5, 5.41) is 3.22. The van der Waals surface area contributed by atoms with Gasteiger partial charge in [0.25, 0.3) is 0 Å². The van der Waals surface area contributed by atoms with Crippen molar-refractivity contribution >= 4 is 5.82 Å². The summed E-state index contributed by atoms with van der Waals surface area (Å²) >= 11 is 0. The van der Waals surface area contributed by atoms with Crippen molar-refractivity contribution < 1.29 is 4.74 Å². The molecule has 1 fully saturated rings. The van der Waals surface area contributed by atoms with Crippen molar-refractivity contribution in [2.45, 2.75) is 39.0 Å². The van der Waals surface area contributed by atoms with Gasteiger partial charge in [0.05, 0.1) is 6.61 Å². The van der Waals surface area contributed by atoms with Crippen LogP contribution >= 0.6 is 0 Å². The highest BCUT2D eigenvalue weighted by Crippen LogP contribution is 2.39. The number of aromatic nitrogens is 2. The van der Waals surface area contributed by atoms with Crippen LogP contribution in [0, 0.1) is 0 Å². The minimum atomic E-state index is 0.534. The van der Waals surface area contributed by atoms with Gasteiger partial charge in [0.15, 0.2) is 0 Å². The predicted octanol–water partition coefficient (Wildman–Crippen LogP) is 3.13. The number of ether oxygens (including phenoxy) is 1. The van der Waals surface area contributed by atoms with Gasteiger partial charge >= 0.3 is 0 Å². The molecule has 1 N–H and O–H groups in total. The summed E-state index contributed by atoms with van der Waals surface area (Å²) in [6.07, 6.45) is 3.25. The second-order valence-electron chi connectivity index (χ2n) is 4.81. The highest BCUT2D eigenvalue weighted by molar-refractivity contribution is 5.39. The third kappa shape index (κ3) is 3.72. The molecule has 2 rings (SSSR count). The molecule has 0 spiro atoms. The summed E-state index contributed by atoms with van der Waals surface area (Å²) < 4.78 is 5.67. The number of rotatable bonds is 7. The smallest absolute Gasteiger partial charge is 0.218 e. The van der Waals surface area contributed by atoms with E-state index in [1.807, 2.05) is 13.0 Å². The van der Waals surface area contributed by atoms with Gasteiger partial charge in [-0.3, -0.25) is 0 Å². The monoisotopic (exact) mass is 247 g/mol. The summed E-state index contributed by atoms with van der Waals surface area (Å²) in [6, 6.07) is 1.87. The summed E-state index contributed by atoms with van der Waals surface area (Å²) in [4.78, 5) is 8.98. The van der Waals surface area contributed by atoms with Crippen molar-refractivity contribution in [3.63, 3.8) is 0 Å². The maximum absolute atomic E-state index is 5.67. The molecule has 1 aromatic heterocycles. The summed E-state index contributed by atoms with van der Waals surface area (Å²) in [5.74, 6) is 2.98. The molecule has 0 radical (unpaired) electrons. The third-order valence-corrected chi connectivity index (χ3v) is 2.80. The second kappa shape index (κ2) is 5.85. The van der Waals surface area contributed by atoms with E-state index < -0.39 is 0 Å². The predicted molar refractivity (Wildman–Crippen MR) is 73.1 cm³/mol. The lowest BCUT2D eigenvalue weighted by Crippen LogP contribution is -2.06. The lowest BCUT2D eigenvalue weighted by molar-refractivity contribution is 0.308. The standard InChI is InChI=1S/C14H21N3O/c1-4-15-12-9-13(18-8-7-10(2)3)17-14(16-12)11-5-6-11/h9,11H,2,4-8H2,1,3H3,(H,15,16,17). The van der Waals surface area contributed by atoms with Crippen LogP contribution in [-0.4, -0.2) is 23.1 Å². The maximum atomic E-state index is 5.67. The Kier molecular flexibility index (Phi) is 4.18. The first-order chi connectivity index (χ1) is 8.69. The van der Waals surface area contributed by atoms with Crippen LogP contribution in [0.5, 0.6) is 5.88 Å². The van der Waals surface area contributed by atoms with Crippen LogP contribution in [0.3, 0.4) is 0 Å². The van der Waals surface area contributed by atoms with E-state index in [2.05, 4.69) is 28.8 Å². The van der Waals surface area contributed by atoms with E-state index in [0.717, 1.165) is 30.2 Å². The molecule has 0 aromatic carbocycles. The van der Waals surface area contributed by atoms with Crippen LogP contribution in [0.1, 0.15) is 44.9 Å². The van der Waals surface area contributed by atoms with Gasteiger partial charge in [0, 0.05) is 24.9 Å². The molecule has 98 valence electrons. The molecule has 4 nitrogen and oxygen atoms in total. The molecule has 1 saturated carbocycles. The summed E-state index contributed by atoms with van der Waals surface area (Å²) in [7, 11) is 0. The number of nitrogens with one attached hydrogen (secondary N) is 1. The van der Waals surface area contributed by atoms with Gasteiger partial charge < -0.3 is 10.1 Å². The zero-order valence-electron chi connectivity index (χ0n) is 11.2. The average Bonchev–Trinajstić information content (AvgIpc) is 3.12. The molecule has 18 heavy (non-hydrogen) atoms. The molecule has 1 aliphatic rings. The Labute approximate surface area is 108 Å². The molecule has 4 heteroatoms. The molecule has 1 heterocycles.